The summed E-state index contributed by atoms with van der Waals surface area (Å²) in [6.07, 6.45) is 1.32. The molecule has 0 radical (unpaired) electrons. The summed E-state index contributed by atoms with van der Waals surface area (Å²) in [7, 11) is 0. The summed E-state index contributed by atoms with van der Waals surface area (Å²) < 4.78 is 16.4. The van der Waals surface area contributed by atoms with E-state index < -0.39 is 39.9 Å². The summed E-state index contributed by atoms with van der Waals surface area (Å²) in [5, 5.41) is 0. The third-order valence-electron chi connectivity index (χ3n) is 4.30. The van der Waals surface area contributed by atoms with Crippen molar-refractivity contribution in [2.24, 2.45) is 5.92 Å². The number of hydrogen-bond donors (Lipinski definition) is 0. The SMILES string of the molecule is CCCCN1C(=O)CC(c2ccc(F)cc2)C(C(=O)OCC(Cl)(Cl)Cl)C1=O. The molecule has 0 aromatic heterocycles. The lowest BCUT2D eigenvalue weighted by molar-refractivity contribution is -0.163. The molecule has 1 heterocycles. The van der Waals surface area contributed by atoms with Crippen molar-refractivity contribution in [2.75, 3.05) is 13.2 Å². The molecule has 2 rings (SSSR count). The number of nitrogens with zero attached hydrogens (tertiary/aromatic N) is 1. The molecule has 0 bridgehead atoms. The molecule has 2 atom stereocenters. The van der Waals surface area contributed by atoms with Crippen molar-refractivity contribution in [3.05, 3.63) is 35.6 Å². The number of rotatable bonds is 6. The highest BCUT2D eigenvalue weighted by Crippen LogP contribution is 2.36. The van der Waals surface area contributed by atoms with E-state index in [1.165, 1.54) is 24.3 Å². The summed E-state index contributed by atoms with van der Waals surface area (Å²) in [5.41, 5.74) is 0.490. The number of ether oxygens (including phenoxy) is 1. The van der Waals surface area contributed by atoms with Crippen LogP contribution in [-0.4, -0.2) is 39.6 Å². The standard InChI is InChI=1S/C18H19Cl3FNO4/c1-2-3-8-23-14(24)9-13(11-4-6-12(22)7-5-11)15(16(23)25)17(26)27-10-18(19,20)21/h4-7,13,15H,2-3,8-10H2,1H3. The van der Waals surface area contributed by atoms with Crippen molar-refractivity contribution in [2.45, 2.75) is 35.9 Å². The highest BCUT2D eigenvalue weighted by atomic mass is 35.6. The molecular formula is C18H19Cl3FNO4. The van der Waals surface area contributed by atoms with E-state index in [2.05, 4.69) is 0 Å². The molecule has 1 aliphatic rings. The number of hydrogen-bond acceptors (Lipinski definition) is 4. The van der Waals surface area contributed by atoms with Crippen LogP contribution in [0.1, 0.15) is 37.7 Å². The van der Waals surface area contributed by atoms with Gasteiger partial charge in [0.15, 0.2) is 0 Å². The van der Waals surface area contributed by atoms with Gasteiger partial charge in [-0.15, -0.1) is 0 Å². The third-order valence-corrected chi connectivity index (χ3v) is 4.62. The topological polar surface area (TPSA) is 63.7 Å². The summed E-state index contributed by atoms with van der Waals surface area (Å²) in [4.78, 5) is 39.0. The number of imide groups is 1. The highest BCUT2D eigenvalue weighted by Gasteiger charge is 2.47. The second-order valence-corrected chi connectivity index (χ2v) is 8.82. The van der Waals surface area contributed by atoms with Crippen molar-refractivity contribution in [3.63, 3.8) is 0 Å². The number of esters is 1. The average Bonchev–Trinajstić information content (AvgIpc) is 2.59. The molecule has 1 aromatic rings. The van der Waals surface area contributed by atoms with E-state index >= 15 is 0 Å². The Morgan fingerprint density at radius 3 is 2.44 bits per heavy atom. The molecule has 1 fully saturated rings. The molecule has 0 N–H and O–H groups in total. The van der Waals surface area contributed by atoms with Crippen LogP contribution >= 0.6 is 34.8 Å². The van der Waals surface area contributed by atoms with Crippen molar-refractivity contribution < 1.29 is 23.5 Å². The van der Waals surface area contributed by atoms with Crippen molar-refractivity contribution >= 4 is 52.6 Å². The number of amides is 2. The van der Waals surface area contributed by atoms with Crippen LogP contribution in [0.4, 0.5) is 4.39 Å². The zero-order valence-corrected chi connectivity index (χ0v) is 16.9. The zero-order chi connectivity index (χ0) is 20.2. The van der Waals surface area contributed by atoms with Gasteiger partial charge in [0.25, 0.3) is 0 Å². The Labute approximate surface area is 171 Å². The minimum Gasteiger partial charge on any atom is -0.461 e. The highest BCUT2D eigenvalue weighted by molar-refractivity contribution is 6.67. The quantitative estimate of drug-likeness (QED) is 0.291. The first kappa shape index (κ1) is 21.9. The number of halogens is 4. The summed E-state index contributed by atoms with van der Waals surface area (Å²) in [5.74, 6) is -4.41. The molecule has 1 aliphatic heterocycles. The number of benzene rings is 1. The fourth-order valence-corrected chi connectivity index (χ4v) is 3.12. The van der Waals surface area contributed by atoms with Gasteiger partial charge in [-0.3, -0.25) is 19.3 Å². The Morgan fingerprint density at radius 1 is 1.26 bits per heavy atom. The maximum absolute atomic E-state index is 13.2. The number of piperidine rings is 1. The predicted molar refractivity (Wildman–Crippen MR) is 100 cm³/mol. The molecular weight excluding hydrogens is 420 g/mol. The Morgan fingerprint density at radius 2 is 1.89 bits per heavy atom. The lowest BCUT2D eigenvalue weighted by Gasteiger charge is -2.35. The normalized spacial score (nSPS) is 20.7. The van der Waals surface area contributed by atoms with Crippen LogP contribution in [0.5, 0.6) is 0 Å². The van der Waals surface area contributed by atoms with E-state index in [4.69, 9.17) is 39.5 Å². The number of carbonyl (C=O) groups excluding carboxylic acids is 3. The van der Waals surface area contributed by atoms with Gasteiger partial charge in [0.1, 0.15) is 18.3 Å². The Bertz CT molecular complexity index is 706. The minimum absolute atomic E-state index is 0.0748. The smallest absolute Gasteiger partial charge is 0.319 e. The summed E-state index contributed by atoms with van der Waals surface area (Å²) in [6.45, 7) is 1.62. The first-order chi connectivity index (χ1) is 12.6. The van der Waals surface area contributed by atoms with Crippen LogP contribution in [-0.2, 0) is 19.1 Å². The van der Waals surface area contributed by atoms with E-state index in [1.807, 2.05) is 6.92 Å². The van der Waals surface area contributed by atoms with Gasteiger partial charge in [-0.1, -0.05) is 60.3 Å². The van der Waals surface area contributed by atoms with Crippen LogP contribution in [0.25, 0.3) is 0 Å². The first-order valence-corrected chi connectivity index (χ1v) is 9.60. The number of likely N-dealkylation sites (tertiary alicyclic amines) is 1. The van der Waals surface area contributed by atoms with Crippen molar-refractivity contribution in [1.82, 2.24) is 4.90 Å². The average molecular weight is 439 g/mol. The molecule has 27 heavy (non-hydrogen) atoms. The molecule has 2 unspecified atom stereocenters. The number of alkyl halides is 3. The molecule has 0 spiro atoms. The van der Waals surface area contributed by atoms with Crippen LogP contribution < -0.4 is 0 Å². The van der Waals surface area contributed by atoms with Gasteiger partial charge >= 0.3 is 5.97 Å². The minimum atomic E-state index is -1.82. The van der Waals surface area contributed by atoms with Gasteiger partial charge in [-0.05, 0) is 24.1 Å². The molecule has 0 saturated carbocycles. The van der Waals surface area contributed by atoms with Crippen molar-refractivity contribution in [3.8, 4) is 0 Å². The lowest BCUT2D eigenvalue weighted by atomic mass is 9.79. The molecule has 148 valence electrons. The van der Waals surface area contributed by atoms with E-state index in [9.17, 15) is 18.8 Å². The largest absolute Gasteiger partial charge is 0.461 e. The van der Waals surface area contributed by atoms with Crippen LogP contribution in [0, 0.1) is 11.7 Å². The van der Waals surface area contributed by atoms with E-state index in [0.717, 1.165) is 11.3 Å². The monoisotopic (exact) mass is 437 g/mol. The number of unbranched alkanes of at least 4 members (excludes halogenated alkanes) is 1. The third kappa shape index (κ3) is 5.80. The van der Waals surface area contributed by atoms with Gasteiger partial charge in [-0.2, -0.15) is 0 Å². The first-order valence-electron chi connectivity index (χ1n) is 8.47. The number of carbonyl (C=O) groups is 3. The van der Waals surface area contributed by atoms with E-state index in [-0.39, 0.29) is 18.9 Å². The molecule has 5 nitrogen and oxygen atoms in total. The fourth-order valence-electron chi connectivity index (χ4n) is 2.96. The van der Waals surface area contributed by atoms with Crippen LogP contribution in [0.2, 0.25) is 0 Å². The summed E-state index contributed by atoms with van der Waals surface area (Å²) in [6, 6.07) is 5.30. The maximum atomic E-state index is 13.2. The van der Waals surface area contributed by atoms with Crippen LogP contribution in [0.3, 0.4) is 0 Å². The zero-order valence-electron chi connectivity index (χ0n) is 14.6. The molecule has 1 saturated heterocycles. The van der Waals surface area contributed by atoms with Gasteiger partial charge in [0, 0.05) is 18.9 Å². The molecule has 1 aromatic carbocycles. The van der Waals surface area contributed by atoms with E-state index in [1.54, 1.807) is 0 Å². The Kier molecular flexibility index (Phi) is 7.48. The summed E-state index contributed by atoms with van der Waals surface area (Å²) >= 11 is 16.8. The van der Waals surface area contributed by atoms with Gasteiger partial charge in [-0.25, -0.2) is 4.39 Å². The second-order valence-electron chi connectivity index (χ2n) is 6.30. The second kappa shape index (κ2) is 9.22. The Hall–Kier alpha value is -1.37. The fraction of sp³-hybridized carbons (Fsp3) is 0.500. The lowest BCUT2D eigenvalue weighted by Crippen LogP contribution is -2.51. The molecule has 9 heteroatoms. The maximum Gasteiger partial charge on any atom is 0.319 e. The molecule has 0 aliphatic carbocycles. The van der Waals surface area contributed by atoms with Gasteiger partial charge in [0.2, 0.25) is 15.6 Å². The predicted octanol–water partition coefficient (Wildman–Crippen LogP) is 4.00. The van der Waals surface area contributed by atoms with Crippen molar-refractivity contribution in [1.29, 1.82) is 0 Å². The van der Waals surface area contributed by atoms with Crippen LogP contribution in [0.15, 0.2) is 24.3 Å². The van der Waals surface area contributed by atoms with E-state index in [0.29, 0.717) is 12.0 Å². The molecule has 2 amide bonds. The van der Waals surface area contributed by atoms with Gasteiger partial charge in [0.05, 0.1) is 0 Å². The Balaban J connectivity index is 2.32. The van der Waals surface area contributed by atoms with Gasteiger partial charge < -0.3 is 4.74 Å².